The Labute approximate surface area is 164 Å². The van der Waals surface area contributed by atoms with Crippen LogP contribution in [-0.2, 0) is 6.54 Å². The number of anilines is 1. The molecule has 3 aromatic rings. The number of fused-ring (bicyclic) bond motifs is 1. The van der Waals surface area contributed by atoms with Crippen molar-refractivity contribution in [2.75, 3.05) is 4.90 Å². The maximum atomic E-state index is 13.6. The molecule has 2 unspecified atom stereocenters. The zero-order chi connectivity index (χ0) is 19.9. The summed E-state index contributed by atoms with van der Waals surface area (Å²) in [5, 5.41) is 11.3. The van der Waals surface area contributed by atoms with Crippen molar-refractivity contribution in [2.24, 2.45) is 0 Å². The molecule has 0 saturated carbocycles. The largest absolute Gasteiger partial charge is 0.485 e. The van der Waals surface area contributed by atoms with Gasteiger partial charge in [-0.3, -0.25) is 0 Å². The summed E-state index contributed by atoms with van der Waals surface area (Å²) in [6.45, 7) is 6.19. The highest BCUT2D eigenvalue weighted by Gasteiger charge is 2.45. The molecule has 0 saturated heterocycles. The number of furan rings is 1. The van der Waals surface area contributed by atoms with Crippen molar-refractivity contribution >= 4 is 5.69 Å². The quantitative estimate of drug-likeness (QED) is 0.690. The molecule has 0 amide bonds. The number of aryl methyl sites for hydroxylation is 1. The van der Waals surface area contributed by atoms with Crippen LogP contribution in [0.15, 0.2) is 65.3 Å². The fraction of sp³-hybridized carbons (Fsp3) is 0.304. The van der Waals surface area contributed by atoms with Crippen LogP contribution < -0.4 is 9.64 Å². The van der Waals surface area contributed by atoms with Gasteiger partial charge in [-0.2, -0.15) is 0 Å². The molecule has 1 aromatic heterocycles. The number of nitrogens with zero attached hydrogens (tertiary/aromatic N) is 1. The van der Waals surface area contributed by atoms with E-state index in [1.54, 1.807) is 18.4 Å². The van der Waals surface area contributed by atoms with Crippen molar-refractivity contribution in [1.82, 2.24) is 0 Å². The average molecular weight is 381 g/mol. The number of para-hydroxylation sites is 1. The van der Waals surface area contributed by atoms with Gasteiger partial charge in [-0.05, 0) is 57.2 Å². The number of ether oxygens (including phenoxy) is 1. The van der Waals surface area contributed by atoms with Crippen molar-refractivity contribution in [2.45, 2.75) is 45.1 Å². The number of rotatable bonds is 4. The highest BCUT2D eigenvalue weighted by atomic mass is 19.1. The fourth-order valence-corrected chi connectivity index (χ4v) is 3.79. The molecule has 0 radical (unpaired) electrons. The molecular weight excluding hydrogens is 357 g/mol. The molecule has 0 fully saturated rings. The van der Waals surface area contributed by atoms with E-state index in [0.29, 0.717) is 6.54 Å². The van der Waals surface area contributed by atoms with Crippen LogP contribution in [0.4, 0.5) is 10.1 Å². The van der Waals surface area contributed by atoms with E-state index in [0.717, 1.165) is 28.3 Å². The van der Waals surface area contributed by atoms with E-state index in [2.05, 4.69) is 4.90 Å². The predicted molar refractivity (Wildman–Crippen MR) is 106 cm³/mol. The van der Waals surface area contributed by atoms with E-state index in [-0.39, 0.29) is 11.9 Å². The minimum atomic E-state index is -0.792. The SMILES string of the molecule is Cc1occc1CN(c1ccc(F)cc1)C1c2ccccc2OC(C)(C)C1O. The predicted octanol–water partition coefficient (Wildman–Crippen LogP) is 5.01. The van der Waals surface area contributed by atoms with Gasteiger partial charge in [0, 0.05) is 23.4 Å². The zero-order valence-corrected chi connectivity index (χ0v) is 16.2. The Balaban J connectivity index is 1.85. The first-order valence-electron chi connectivity index (χ1n) is 9.38. The molecule has 1 aliphatic heterocycles. The summed E-state index contributed by atoms with van der Waals surface area (Å²) >= 11 is 0. The Morgan fingerprint density at radius 1 is 1.07 bits per heavy atom. The molecule has 0 bridgehead atoms. The van der Waals surface area contributed by atoms with Crippen molar-refractivity contribution in [3.63, 3.8) is 0 Å². The van der Waals surface area contributed by atoms with Crippen molar-refractivity contribution < 1.29 is 18.7 Å². The van der Waals surface area contributed by atoms with E-state index in [9.17, 15) is 9.50 Å². The number of aliphatic hydroxyl groups is 1. The van der Waals surface area contributed by atoms with Gasteiger partial charge in [0.15, 0.2) is 0 Å². The standard InChI is InChI=1S/C23H24FNO3/c1-15-16(12-13-27-15)14-25(18-10-8-17(24)9-11-18)21-19-6-4-5-7-20(19)28-23(2,3)22(21)26/h4-13,21-22,26H,14H2,1-3H3. The number of hydrogen-bond acceptors (Lipinski definition) is 4. The van der Waals surface area contributed by atoms with Gasteiger partial charge in [0.2, 0.25) is 0 Å². The van der Waals surface area contributed by atoms with Crippen molar-refractivity contribution in [3.05, 3.63) is 83.6 Å². The minimum absolute atomic E-state index is 0.295. The second-order valence-electron chi connectivity index (χ2n) is 7.74. The summed E-state index contributed by atoms with van der Waals surface area (Å²) in [5.41, 5.74) is 1.96. The van der Waals surface area contributed by atoms with Crippen molar-refractivity contribution in [3.8, 4) is 5.75 Å². The van der Waals surface area contributed by atoms with Crippen LogP contribution in [0.3, 0.4) is 0 Å². The van der Waals surface area contributed by atoms with Gasteiger partial charge in [0.25, 0.3) is 0 Å². The lowest BCUT2D eigenvalue weighted by atomic mass is 9.85. The number of hydrogen-bond donors (Lipinski definition) is 1. The maximum absolute atomic E-state index is 13.6. The lowest BCUT2D eigenvalue weighted by Gasteiger charge is -2.47. The smallest absolute Gasteiger partial charge is 0.132 e. The van der Waals surface area contributed by atoms with Gasteiger partial charge < -0.3 is 19.2 Å². The average Bonchev–Trinajstić information content (AvgIpc) is 3.07. The van der Waals surface area contributed by atoms with E-state index < -0.39 is 11.7 Å². The van der Waals surface area contributed by atoms with Gasteiger partial charge in [-0.15, -0.1) is 0 Å². The van der Waals surface area contributed by atoms with Crippen LogP contribution in [0.5, 0.6) is 5.75 Å². The molecule has 1 aliphatic rings. The topological polar surface area (TPSA) is 45.8 Å². The third kappa shape index (κ3) is 3.27. The first-order chi connectivity index (χ1) is 13.4. The molecular formula is C23H24FNO3. The molecule has 2 atom stereocenters. The highest BCUT2D eigenvalue weighted by Crippen LogP contribution is 2.44. The normalized spacial score (nSPS) is 20.3. The third-order valence-corrected chi connectivity index (χ3v) is 5.42. The summed E-state index contributed by atoms with van der Waals surface area (Å²) in [5.74, 6) is 1.27. The molecule has 5 heteroatoms. The minimum Gasteiger partial charge on any atom is -0.485 e. The summed E-state index contributed by atoms with van der Waals surface area (Å²) in [6.07, 6.45) is 0.867. The Morgan fingerprint density at radius 2 is 1.79 bits per heavy atom. The first-order valence-corrected chi connectivity index (χ1v) is 9.38. The Bertz CT molecular complexity index is 964. The summed E-state index contributed by atoms with van der Waals surface area (Å²) in [6, 6.07) is 15.7. The molecule has 4 nitrogen and oxygen atoms in total. The molecule has 2 heterocycles. The maximum Gasteiger partial charge on any atom is 0.132 e. The molecule has 0 aliphatic carbocycles. The monoisotopic (exact) mass is 381 g/mol. The van der Waals surface area contributed by atoms with Crippen molar-refractivity contribution in [1.29, 1.82) is 0 Å². The molecule has 146 valence electrons. The Kier molecular flexibility index (Phi) is 4.63. The van der Waals surface area contributed by atoms with Crippen LogP contribution in [-0.4, -0.2) is 16.8 Å². The summed E-state index contributed by atoms with van der Waals surface area (Å²) in [7, 11) is 0. The van der Waals surface area contributed by atoms with Gasteiger partial charge in [0.05, 0.1) is 12.3 Å². The number of benzene rings is 2. The second kappa shape index (κ2) is 6.99. The van der Waals surface area contributed by atoms with Gasteiger partial charge >= 0.3 is 0 Å². The Morgan fingerprint density at radius 3 is 2.46 bits per heavy atom. The fourth-order valence-electron chi connectivity index (χ4n) is 3.79. The van der Waals surface area contributed by atoms with Crippen LogP contribution in [0.2, 0.25) is 0 Å². The van der Waals surface area contributed by atoms with Crippen LogP contribution in [0.1, 0.15) is 36.8 Å². The summed E-state index contributed by atoms with van der Waals surface area (Å²) in [4.78, 5) is 2.09. The van der Waals surface area contributed by atoms with Crippen LogP contribution in [0, 0.1) is 12.7 Å². The van der Waals surface area contributed by atoms with Gasteiger partial charge in [0.1, 0.15) is 29.0 Å². The molecule has 1 N–H and O–H groups in total. The van der Waals surface area contributed by atoms with Gasteiger partial charge in [-0.1, -0.05) is 18.2 Å². The molecule has 4 rings (SSSR count). The van der Waals surface area contributed by atoms with Crippen LogP contribution >= 0.6 is 0 Å². The zero-order valence-electron chi connectivity index (χ0n) is 16.2. The molecule has 2 aromatic carbocycles. The van der Waals surface area contributed by atoms with Crippen LogP contribution in [0.25, 0.3) is 0 Å². The number of aliphatic hydroxyl groups excluding tert-OH is 1. The highest BCUT2D eigenvalue weighted by molar-refractivity contribution is 5.53. The molecule has 28 heavy (non-hydrogen) atoms. The van der Waals surface area contributed by atoms with E-state index in [4.69, 9.17) is 9.15 Å². The third-order valence-electron chi connectivity index (χ3n) is 5.42. The number of halogens is 1. The Hall–Kier alpha value is -2.79. The van der Waals surface area contributed by atoms with Gasteiger partial charge in [-0.25, -0.2) is 4.39 Å². The molecule has 0 spiro atoms. The lowest BCUT2D eigenvalue weighted by Crippen LogP contribution is -2.53. The summed E-state index contributed by atoms with van der Waals surface area (Å²) < 4.78 is 25.1. The second-order valence-corrected chi connectivity index (χ2v) is 7.74. The first kappa shape index (κ1) is 18.6. The van der Waals surface area contributed by atoms with E-state index >= 15 is 0 Å². The lowest BCUT2D eigenvalue weighted by molar-refractivity contribution is -0.0590. The van der Waals surface area contributed by atoms with E-state index in [1.807, 2.05) is 51.1 Å². The van der Waals surface area contributed by atoms with E-state index in [1.165, 1.54) is 12.1 Å².